The van der Waals surface area contributed by atoms with Crippen molar-refractivity contribution in [2.24, 2.45) is 0 Å². The van der Waals surface area contributed by atoms with E-state index in [0.29, 0.717) is 22.7 Å². The second-order valence-corrected chi connectivity index (χ2v) is 11.8. The monoisotopic (exact) mass is 574 g/mol. The molecule has 0 bridgehead atoms. The molecule has 0 aliphatic carbocycles. The van der Waals surface area contributed by atoms with Gasteiger partial charge in [-0.15, -0.1) is 0 Å². The predicted molar refractivity (Wildman–Crippen MR) is 152 cm³/mol. The lowest BCUT2D eigenvalue weighted by Crippen LogP contribution is -2.46. The minimum Gasteiger partial charge on any atom is -0.497 e. The Morgan fingerprint density at radius 1 is 0.868 bits per heavy atom. The lowest BCUT2D eigenvalue weighted by atomic mass is 10.2. The van der Waals surface area contributed by atoms with Crippen LogP contribution in [0.5, 0.6) is 5.75 Å². The fourth-order valence-corrected chi connectivity index (χ4v) is 6.66. The Kier molecular flexibility index (Phi) is 7.72. The van der Waals surface area contributed by atoms with Gasteiger partial charge in [0.05, 0.1) is 22.9 Å². The van der Waals surface area contributed by atoms with Gasteiger partial charge in [-0.3, -0.25) is 9.69 Å². The van der Waals surface area contributed by atoms with Gasteiger partial charge in [-0.1, -0.05) is 29.3 Å². The number of nitrogens with zero attached hydrogens (tertiary/aromatic N) is 4. The van der Waals surface area contributed by atoms with Crippen molar-refractivity contribution in [2.75, 3.05) is 44.7 Å². The molecule has 1 aliphatic rings. The second kappa shape index (κ2) is 11.0. The lowest BCUT2D eigenvalue weighted by Gasteiger charge is -2.36. The first-order chi connectivity index (χ1) is 18.3. The van der Waals surface area contributed by atoms with Gasteiger partial charge in [0.1, 0.15) is 5.75 Å². The van der Waals surface area contributed by atoms with Gasteiger partial charge in [-0.25, -0.2) is 4.68 Å². The molecule has 1 aromatic heterocycles. The molecule has 1 aliphatic heterocycles. The first-order valence-corrected chi connectivity index (χ1v) is 14.5. The number of ether oxygens (including phenoxy) is 1. The molecule has 8 nitrogen and oxygen atoms in total. The number of halogens is 2. The van der Waals surface area contributed by atoms with Gasteiger partial charge in [-0.2, -0.15) is 12.5 Å². The molecule has 0 spiro atoms. The van der Waals surface area contributed by atoms with Crippen molar-refractivity contribution in [1.29, 1.82) is 0 Å². The van der Waals surface area contributed by atoms with Crippen LogP contribution in [0.2, 0.25) is 10.0 Å². The highest BCUT2D eigenvalue weighted by molar-refractivity contribution is 7.90. The summed E-state index contributed by atoms with van der Waals surface area (Å²) in [6.45, 7) is 4.45. The van der Waals surface area contributed by atoms with Gasteiger partial charge in [0.2, 0.25) is 0 Å². The summed E-state index contributed by atoms with van der Waals surface area (Å²) in [5.74, 6) is 0.486. The van der Waals surface area contributed by atoms with Crippen LogP contribution in [0.1, 0.15) is 6.42 Å². The van der Waals surface area contributed by atoms with Gasteiger partial charge in [0, 0.05) is 55.0 Å². The van der Waals surface area contributed by atoms with Gasteiger partial charge >= 0.3 is 0 Å². The zero-order valence-electron chi connectivity index (χ0n) is 20.9. The number of methoxy groups -OCH3 is 1. The fourth-order valence-electron chi connectivity index (χ4n) is 4.84. The number of hydrogen-bond acceptors (Lipinski definition) is 6. The lowest BCUT2D eigenvalue weighted by molar-refractivity contribution is 0.248. The SMILES string of the molecule is COc1ccc2c(c1)c(=O)n(CCCN1CCN(c3cccc(Cl)c3)CC1)n2S(=O)(=O)c1ccc(Cl)cc1. The quantitative estimate of drug-likeness (QED) is 0.307. The van der Waals surface area contributed by atoms with Gasteiger partial charge in [0.15, 0.2) is 0 Å². The molecule has 0 atom stereocenters. The predicted octanol–water partition coefficient (Wildman–Crippen LogP) is 4.57. The summed E-state index contributed by atoms with van der Waals surface area (Å²) in [6, 6.07) is 18.6. The molecular weight excluding hydrogens is 547 g/mol. The molecule has 0 N–H and O–H groups in total. The Bertz CT molecular complexity index is 1610. The minimum atomic E-state index is -4.06. The molecule has 4 aromatic rings. The summed E-state index contributed by atoms with van der Waals surface area (Å²) >= 11 is 12.1. The van der Waals surface area contributed by atoms with Crippen LogP contribution in [0.15, 0.2) is 76.4 Å². The van der Waals surface area contributed by atoms with E-state index in [1.54, 1.807) is 18.2 Å². The number of benzene rings is 3. The van der Waals surface area contributed by atoms with E-state index < -0.39 is 10.0 Å². The van der Waals surface area contributed by atoms with Crippen LogP contribution in [0, 0.1) is 0 Å². The highest BCUT2D eigenvalue weighted by Gasteiger charge is 2.26. The number of rotatable bonds is 8. The Hall–Kier alpha value is -2.98. The number of aromatic nitrogens is 2. The van der Waals surface area contributed by atoms with E-state index in [1.165, 1.54) is 36.1 Å². The van der Waals surface area contributed by atoms with Crippen LogP contribution >= 0.6 is 23.2 Å². The van der Waals surface area contributed by atoms with E-state index in [0.717, 1.165) is 47.5 Å². The summed E-state index contributed by atoms with van der Waals surface area (Å²) < 4.78 is 35.1. The van der Waals surface area contributed by atoms with E-state index in [1.807, 2.05) is 18.2 Å². The molecule has 1 fully saturated rings. The van der Waals surface area contributed by atoms with Crippen molar-refractivity contribution in [3.05, 3.63) is 87.1 Å². The maximum Gasteiger partial charge on any atom is 0.282 e. The molecule has 3 aromatic carbocycles. The highest BCUT2D eigenvalue weighted by Crippen LogP contribution is 2.25. The number of hydrogen-bond donors (Lipinski definition) is 0. The van der Waals surface area contributed by atoms with E-state index in [-0.39, 0.29) is 22.4 Å². The Morgan fingerprint density at radius 3 is 2.29 bits per heavy atom. The molecule has 0 radical (unpaired) electrons. The van der Waals surface area contributed by atoms with Crippen molar-refractivity contribution in [3.8, 4) is 5.75 Å². The van der Waals surface area contributed by atoms with Crippen molar-refractivity contribution in [3.63, 3.8) is 0 Å². The summed E-state index contributed by atoms with van der Waals surface area (Å²) in [5, 5.41) is 1.44. The maximum atomic E-state index is 13.7. The largest absolute Gasteiger partial charge is 0.497 e. The zero-order chi connectivity index (χ0) is 26.9. The molecule has 11 heteroatoms. The number of fused-ring (bicyclic) bond motifs is 1. The molecule has 0 saturated carbocycles. The van der Waals surface area contributed by atoms with Crippen LogP contribution in [0.25, 0.3) is 10.9 Å². The third kappa shape index (κ3) is 5.29. The van der Waals surface area contributed by atoms with Crippen molar-refractivity contribution < 1.29 is 13.2 Å². The average molecular weight is 576 g/mol. The Labute approximate surface area is 231 Å². The van der Waals surface area contributed by atoms with Crippen molar-refractivity contribution in [1.82, 2.24) is 13.7 Å². The average Bonchev–Trinajstić information content (AvgIpc) is 3.20. The zero-order valence-corrected chi connectivity index (χ0v) is 23.2. The number of anilines is 1. The maximum absolute atomic E-state index is 13.7. The van der Waals surface area contributed by atoms with Crippen LogP contribution < -0.4 is 15.2 Å². The highest BCUT2D eigenvalue weighted by atomic mass is 35.5. The molecule has 1 saturated heterocycles. The van der Waals surface area contributed by atoms with E-state index in [9.17, 15) is 13.2 Å². The van der Waals surface area contributed by atoms with E-state index >= 15 is 0 Å². The van der Waals surface area contributed by atoms with Crippen molar-refractivity contribution in [2.45, 2.75) is 17.9 Å². The van der Waals surface area contributed by atoms with Crippen LogP contribution in [0.3, 0.4) is 0 Å². The molecule has 200 valence electrons. The summed E-state index contributed by atoms with van der Waals surface area (Å²) in [7, 11) is -2.55. The minimum absolute atomic E-state index is 0.0560. The summed E-state index contributed by atoms with van der Waals surface area (Å²) in [6.07, 6.45) is 0.612. The van der Waals surface area contributed by atoms with Crippen LogP contribution in [-0.2, 0) is 16.6 Å². The van der Waals surface area contributed by atoms with E-state index in [4.69, 9.17) is 27.9 Å². The second-order valence-electron chi connectivity index (χ2n) is 9.18. The fraction of sp³-hybridized carbons (Fsp3) is 0.296. The smallest absolute Gasteiger partial charge is 0.282 e. The first-order valence-electron chi connectivity index (χ1n) is 12.3. The molecule has 0 amide bonds. The molecular formula is C27H28Cl2N4O4S. The summed E-state index contributed by atoms with van der Waals surface area (Å²) in [5.41, 5.74) is 1.04. The van der Waals surface area contributed by atoms with Gasteiger partial charge < -0.3 is 9.64 Å². The van der Waals surface area contributed by atoms with Crippen molar-refractivity contribution >= 4 is 49.8 Å². The van der Waals surface area contributed by atoms with E-state index in [2.05, 4.69) is 15.9 Å². The van der Waals surface area contributed by atoms with Gasteiger partial charge in [-0.05, 0) is 67.1 Å². The third-order valence-corrected chi connectivity index (χ3v) is 9.03. The first kappa shape index (κ1) is 26.6. The Balaban J connectivity index is 1.37. The number of piperazine rings is 1. The molecule has 0 unspecified atom stereocenters. The van der Waals surface area contributed by atoms with Gasteiger partial charge in [0.25, 0.3) is 15.6 Å². The summed E-state index contributed by atoms with van der Waals surface area (Å²) in [4.78, 5) is 18.1. The topological polar surface area (TPSA) is 76.8 Å². The third-order valence-electron chi connectivity index (χ3n) is 6.82. The molecule has 5 rings (SSSR count). The standard InChI is InChI=1S/C27H28Cl2N4O4S/c1-37-23-8-11-26-25(19-23)27(34)32(33(26)38(35,36)24-9-6-20(28)7-10-24)13-3-12-30-14-16-31(17-15-30)22-5-2-4-21(29)18-22/h2,4-11,18-19H,3,12-17H2,1H3. The normalized spacial score (nSPS) is 14.8. The molecule has 38 heavy (non-hydrogen) atoms. The van der Waals surface area contributed by atoms with Crippen LogP contribution in [0.4, 0.5) is 5.69 Å². The molecule has 2 heterocycles. The van der Waals surface area contributed by atoms with Crippen LogP contribution in [-0.4, -0.2) is 61.9 Å². The Morgan fingerprint density at radius 2 is 1.61 bits per heavy atom.